The van der Waals surface area contributed by atoms with Gasteiger partial charge in [0.2, 0.25) is 0 Å². The molecule has 11 rings (SSSR count). The fourth-order valence-electron chi connectivity index (χ4n) is 10.3. The second kappa shape index (κ2) is 11.2. The van der Waals surface area contributed by atoms with Gasteiger partial charge in [0.15, 0.2) is 0 Å². The highest BCUT2D eigenvalue weighted by molar-refractivity contribution is 6.01. The van der Waals surface area contributed by atoms with Crippen molar-refractivity contribution in [3.05, 3.63) is 215 Å². The predicted molar refractivity (Wildman–Crippen MR) is 221 cm³/mol. The van der Waals surface area contributed by atoms with Gasteiger partial charge in [0.05, 0.1) is 11.1 Å². The summed E-state index contributed by atoms with van der Waals surface area (Å²) in [6, 6.07) is 61.4. The Morgan fingerprint density at radius 3 is 1.62 bits per heavy atom. The third-order valence-electron chi connectivity index (χ3n) is 12.5. The molecule has 4 aliphatic rings. The van der Waals surface area contributed by atoms with Crippen molar-refractivity contribution in [3.63, 3.8) is 0 Å². The van der Waals surface area contributed by atoms with Crippen LogP contribution >= 0.6 is 0 Å². The molecule has 0 amide bonds. The zero-order valence-electron chi connectivity index (χ0n) is 30.1. The van der Waals surface area contributed by atoms with Gasteiger partial charge in [0.25, 0.3) is 0 Å². The van der Waals surface area contributed by atoms with Crippen LogP contribution < -0.4 is 4.90 Å². The van der Waals surface area contributed by atoms with E-state index in [4.69, 9.17) is 0 Å². The average Bonchev–Trinajstić information content (AvgIpc) is 3.77. The molecule has 0 unspecified atom stereocenters. The molecule has 0 saturated heterocycles. The second-order valence-corrected chi connectivity index (χ2v) is 15.5. The smallest absolute Gasteiger partial charge is 0.0723 e. The molecule has 0 bridgehead atoms. The number of hydrogen-bond donors (Lipinski definition) is 0. The third-order valence-corrected chi connectivity index (χ3v) is 12.5. The molecular formula is C52H39N. The van der Waals surface area contributed by atoms with Gasteiger partial charge >= 0.3 is 0 Å². The summed E-state index contributed by atoms with van der Waals surface area (Å²) in [7, 11) is 0. The minimum atomic E-state index is -0.364. The van der Waals surface area contributed by atoms with Crippen LogP contribution in [0.15, 0.2) is 182 Å². The van der Waals surface area contributed by atoms with Gasteiger partial charge < -0.3 is 4.90 Å². The van der Waals surface area contributed by atoms with Crippen LogP contribution in [0.3, 0.4) is 0 Å². The van der Waals surface area contributed by atoms with Crippen molar-refractivity contribution >= 4 is 22.6 Å². The van der Waals surface area contributed by atoms with Gasteiger partial charge in [-0.15, -0.1) is 0 Å². The molecule has 0 radical (unpaired) electrons. The van der Waals surface area contributed by atoms with E-state index < -0.39 is 0 Å². The molecule has 53 heavy (non-hydrogen) atoms. The third kappa shape index (κ3) is 4.08. The number of para-hydroxylation sites is 1. The van der Waals surface area contributed by atoms with E-state index in [9.17, 15) is 0 Å². The number of hydrogen-bond acceptors (Lipinski definition) is 1. The Balaban J connectivity index is 1.19. The van der Waals surface area contributed by atoms with Crippen molar-refractivity contribution in [3.8, 4) is 33.4 Å². The van der Waals surface area contributed by atoms with Gasteiger partial charge in [-0.05, 0) is 116 Å². The van der Waals surface area contributed by atoms with Crippen molar-refractivity contribution in [1.29, 1.82) is 0 Å². The SMILES string of the molecule is CC1(C)c2ccccc2-c2ccc(N(c3ccc4c(c3)C3(C5=CCCC=C54)c4ccccc4-c4ccccc43)c3ccccc3-c3ccccc3)cc21. The Labute approximate surface area is 312 Å². The number of nitrogens with zero attached hydrogens (tertiary/aromatic N) is 1. The molecule has 1 spiro atoms. The first kappa shape index (κ1) is 30.4. The molecule has 0 fully saturated rings. The largest absolute Gasteiger partial charge is 0.310 e. The van der Waals surface area contributed by atoms with Crippen LogP contribution in [-0.2, 0) is 10.8 Å². The van der Waals surface area contributed by atoms with Crippen LogP contribution in [0.2, 0.25) is 0 Å². The normalized spacial score (nSPS) is 16.1. The topological polar surface area (TPSA) is 3.24 Å². The molecule has 1 heteroatoms. The predicted octanol–water partition coefficient (Wildman–Crippen LogP) is 13.6. The quantitative estimate of drug-likeness (QED) is 0.179. The summed E-state index contributed by atoms with van der Waals surface area (Å²) < 4.78 is 0. The molecule has 1 nitrogen and oxygen atoms in total. The molecule has 0 heterocycles. The minimum absolute atomic E-state index is 0.111. The zero-order chi connectivity index (χ0) is 35.3. The fourth-order valence-corrected chi connectivity index (χ4v) is 10.3. The van der Waals surface area contributed by atoms with Gasteiger partial charge in [-0.3, -0.25) is 0 Å². The maximum Gasteiger partial charge on any atom is 0.0723 e. The Kier molecular flexibility index (Phi) is 6.41. The van der Waals surface area contributed by atoms with Crippen LogP contribution in [0.5, 0.6) is 0 Å². The lowest BCUT2D eigenvalue weighted by atomic mass is 9.69. The van der Waals surface area contributed by atoms with E-state index in [1.54, 1.807) is 0 Å². The lowest BCUT2D eigenvalue weighted by molar-refractivity contribution is 0.660. The maximum atomic E-state index is 2.54. The first-order valence-electron chi connectivity index (χ1n) is 19.0. The molecule has 0 atom stereocenters. The number of allylic oxidation sites excluding steroid dienone is 4. The number of fused-ring (bicyclic) bond motifs is 13. The van der Waals surface area contributed by atoms with Gasteiger partial charge in [0, 0.05) is 22.4 Å². The Hall–Kier alpha value is -6.18. The van der Waals surface area contributed by atoms with Crippen LogP contribution in [0, 0.1) is 0 Å². The van der Waals surface area contributed by atoms with Gasteiger partial charge in [0.1, 0.15) is 0 Å². The van der Waals surface area contributed by atoms with Gasteiger partial charge in [-0.25, -0.2) is 0 Å². The molecule has 252 valence electrons. The fraction of sp³-hybridized carbons (Fsp3) is 0.115. The van der Waals surface area contributed by atoms with Crippen molar-refractivity contribution < 1.29 is 0 Å². The van der Waals surface area contributed by atoms with E-state index in [2.05, 4.69) is 195 Å². The maximum absolute atomic E-state index is 2.54. The zero-order valence-corrected chi connectivity index (χ0v) is 30.1. The standard InChI is InChI=1S/C52H39N/c1-51(2)44-23-11-6-19-38(44)42-30-28-35(32-48(42)51)53(50-27-15-10-18-37(50)34-16-4-3-5-17-34)36-29-31-43-41-22-9-14-26-47(41)52(49(43)33-36)45-24-12-7-20-39(45)40-21-8-13-25-46(40)52/h3-8,10-13,15-33H,9,14H2,1-2H3. The Morgan fingerprint density at radius 2 is 0.925 bits per heavy atom. The molecule has 7 aromatic rings. The molecular weight excluding hydrogens is 639 g/mol. The minimum Gasteiger partial charge on any atom is -0.310 e. The van der Waals surface area contributed by atoms with Crippen LogP contribution in [-0.4, -0.2) is 0 Å². The monoisotopic (exact) mass is 677 g/mol. The average molecular weight is 678 g/mol. The van der Waals surface area contributed by atoms with E-state index in [0.717, 1.165) is 12.8 Å². The van der Waals surface area contributed by atoms with E-state index in [-0.39, 0.29) is 10.8 Å². The summed E-state index contributed by atoms with van der Waals surface area (Å²) >= 11 is 0. The lowest BCUT2D eigenvalue weighted by Gasteiger charge is -2.33. The summed E-state index contributed by atoms with van der Waals surface area (Å²) in [6.07, 6.45) is 7.17. The van der Waals surface area contributed by atoms with Crippen LogP contribution in [0.25, 0.3) is 39.0 Å². The summed E-state index contributed by atoms with van der Waals surface area (Å²) in [5.41, 5.74) is 22.0. The van der Waals surface area contributed by atoms with Gasteiger partial charge in [-0.2, -0.15) is 0 Å². The van der Waals surface area contributed by atoms with Crippen LogP contribution in [0.1, 0.15) is 60.1 Å². The Bertz CT molecular complexity index is 2660. The summed E-state index contributed by atoms with van der Waals surface area (Å²) in [5.74, 6) is 0. The van der Waals surface area contributed by atoms with Crippen molar-refractivity contribution in [1.82, 2.24) is 0 Å². The number of rotatable bonds is 4. The molecule has 7 aromatic carbocycles. The summed E-state index contributed by atoms with van der Waals surface area (Å²) in [6.45, 7) is 4.75. The van der Waals surface area contributed by atoms with E-state index in [1.807, 2.05) is 0 Å². The highest BCUT2D eigenvalue weighted by Gasteiger charge is 2.53. The van der Waals surface area contributed by atoms with Crippen molar-refractivity contribution in [2.75, 3.05) is 4.90 Å². The molecule has 0 N–H and O–H groups in total. The Morgan fingerprint density at radius 1 is 0.415 bits per heavy atom. The van der Waals surface area contributed by atoms with E-state index >= 15 is 0 Å². The molecule has 0 aliphatic heterocycles. The van der Waals surface area contributed by atoms with Gasteiger partial charge in [-0.1, -0.05) is 159 Å². The van der Waals surface area contributed by atoms with Crippen LogP contribution in [0.4, 0.5) is 17.1 Å². The summed E-state index contributed by atoms with van der Waals surface area (Å²) in [4.78, 5) is 2.52. The summed E-state index contributed by atoms with van der Waals surface area (Å²) in [5, 5.41) is 0. The first-order valence-corrected chi connectivity index (χ1v) is 19.0. The van der Waals surface area contributed by atoms with E-state index in [1.165, 1.54) is 95.0 Å². The number of anilines is 3. The highest BCUT2D eigenvalue weighted by Crippen LogP contribution is 2.65. The van der Waals surface area contributed by atoms with Crippen molar-refractivity contribution in [2.45, 2.75) is 37.5 Å². The molecule has 0 saturated carbocycles. The lowest BCUT2D eigenvalue weighted by Crippen LogP contribution is -2.26. The van der Waals surface area contributed by atoms with Crippen molar-refractivity contribution in [2.24, 2.45) is 0 Å². The second-order valence-electron chi connectivity index (χ2n) is 15.5. The molecule has 0 aromatic heterocycles. The number of benzene rings is 7. The molecule has 4 aliphatic carbocycles. The first-order chi connectivity index (χ1) is 26.1. The highest BCUT2D eigenvalue weighted by atomic mass is 15.1. The van der Waals surface area contributed by atoms with E-state index in [0.29, 0.717) is 0 Å².